The monoisotopic (exact) mass is 328 g/mol. The normalized spacial score (nSPS) is 10.5. The van der Waals surface area contributed by atoms with E-state index in [1.165, 1.54) is 6.33 Å². The number of benzene rings is 1. The van der Waals surface area contributed by atoms with Crippen LogP contribution in [-0.4, -0.2) is 29.0 Å². The predicted octanol–water partition coefficient (Wildman–Crippen LogP) is 3.39. The number of aromatic nitrogens is 2. The van der Waals surface area contributed by atoms with Crippen molar-refractivity contribution < 1.29 is 9.53 Å². The summed E-state index contributed by atoms with van der Waals surface area (Å²) in [6.45, 7) is 7.46. The minimum absolute atomic E-state index is 0.187. The van der Waals surface area contributed by atoms with Crippen LogP contribution >= 0.6 is 0 Å². The molecule has 0 aliphatic heterocycles. The van der Waals surface area contributed by atoms with Crippen molar-refractivity contribution in [1.29, 1.82) is 0 Å². The predicted molar refractivity (Wildman–Crippen MR) is 94.7 cm³/mol. The maximum atomic E-state index is 12.1. The topological polar surface area (TPSA) is 76.1 Å². The highest BCUT2D eigenvalue weighted by Gasteiger charge is 2.09. The van der Waals surface area contributed by atoms with Crippen LogP contribution in [0.3, 0.4) is 0 Å². The molecule has 2 N–H and O–H groups in total. The number of nitrogens with zero attached hydrogens (tertiary/aromatic N) is 2. The van der Waals surface area contributed by atoms with E-state index >= 15 is 0 Å². The number of hydrogen-bond donors (Lipinski definition) is 2. The molecular formula is C18H24N4O2. The molecule has 0 radical (unpaired) electrons. The first-order valence-electron chi connectivity index (χ1n) is 8.18. The lowest BCUT2D eigenvalue weighted by atomic mass is 10.1. The summed E-state index contributed by atoms with van der Waals surface area (Å²) in [6, 6.07) is 9.20. The second kappa shape index (κ2) is 8.86. The van der Waals surface area contributed by atoms with Crippen molar-refractivity contribution in [2.75, 3.05) is 18.5 Å². The van der Waals surface area contributed by atoms with Gasteiger partial charge in [-0.2, -0.15) is 0 Å². The molecule has 128 valence electrons. The molecule has 0 fully saturated rings. The minimum Gasteiger partial charge on any atom is -0.494 e. The molecule has 2 rings (SSSR count). The van der Waals surface area contributed by atoms with E-state index in [1.807, 2.05) is 31.2 Å². The Balaban J connectivity index is 1.97. The van der Waals surface area contributed by atoms with Crippen LogP contribution in [0.4, 0.5) is 11.5 Å². The van der Waals surface area contributed by atoms with E-state index in [-0.39, 0.29) is 5.91 Å². The summed E-state index contributed by atoms with van der Waals surface area (Å²) in [5, 5.41) is 6.03. The van der Waals surface area contributed by atoms with E-state index in [4.69, 9.17) is 4.74 Å². The van der Waals surface area contributed by atoms with Gasteiger partial charge in [-0.15, -0.1) is 0 Å². The number of rotatable bonds is 8. The SMILES string of the molecule is CCOc1ccc(Nc2cc(C(=O)NCCC(C)C)ncn2)cc1. The van der Waals surface area contributed by atoms with E-state index in [2.05, 4.69) is 34.4 Å². The van der Waals surface area contributed by atoms with Crippen LogP contribution in [0.2, 0.25) is 0 Å². The molecule has 0 bridgehead atoms. The Morgan fingerprint density at radius 3 is 2.62 bits per heavy atom. The van der Waals surface area contributed by atoms with Crippen LogP contribution in [0.15, 0.2) is 36.7 Å². The lowest BCUT2D eigenvalue weighted by molar-refractivity contribution is 0.0947. The largest absolute Gasteiger partial charge is 0.494 e. The number of anilines is 2. The van der Waals surface area contributed by atoms with Crippen molar-refractivity contribution in [3.63, 3.8) is 0 Å². The van der Waals surface area contributed by atoms with Crippen molar-refractivity contribution >= 4 is 17.4 Å². The Bertz CT molecular complexity index is 656. The van der Waals surface area contributed by atoms with Gasteiger partial charge in [-0.25, -0.2) is 9.97 Å². The van der Waals surface area contributed by atoms with E-state index in [0.29, 0.717) is 30.6 Å². The molecule has 6 heteroatoms. The van der Waals surface area contributed by atoms with E-state index in [9.17, 15) is 4.79 Å². The Hall–Kier alpha value is -2.63. The fourth-order valence-corrected chi connectivity index (χ4v) is 2.06. The summed E-state index contributed by atoms with van der Waals surface area (Å²) in [4.78, 5) is 20.3. The first-order valence-corrected chi connectivity index (χ1v) is 8.18. The molecule has 1 aromatic heterocycles. The lowest BCUT2D eigenvalue weighted by Crippen LogP contribution is -2.26. The molecule has 0 atom stereocenters. The maximum Gasteiger partial charge on any atom is 0.270 e. The summed E-state index contributed by atoms with van der Waals surface area (Å²) < 4.78 is 5.41. The summed E-state index contributed by atoms with van der Waals surface area (Å²) in [7, 11) is 0. The average Bonchev–Trinajstić information content (AvgIpc) is 2.57. The van der Waals surface area contributed by atoms with Crippen molar-refractivity contribution in [2.45, 2.75) is 27.2 Å². The number of hydrogen-bond acceptors (Lipinski definition) is 5. The second-order valence-corrected chi connectivity index (χ2v) is 5.81. The second-order valence-electron chi connectivity index (χ2n) is 5.81. The van der Waals surface area contributed by atoms with Crippen molar-refractivity contribution in [2.24, 2.45) is 5.92 Å². The first kappa shape index (κ1) is 17.7. The zero-order valence-corrected chi connectivity index (χ0v) is 14.4. The van der Waals surface area contributed by atoms with Crippen molar-refractivity contribution in [3.05, 3.63) is 42.4 Å². The van der Waals surface area contributed by atoms with Gasteiger partial charge in [0, 0.05) is 18.3 Å². The average molecular weight is 328 g/mol. The third-order valence-electron chi connectivity index (χ3n) is 3.34. The molecular weight excluding hydrogens is 304 g/mol. The zero-order valence-electron chi connectivity index (χ0n) is 14.4. The molecule has 0 aliphatic rings. The highest BCUT2D eigenvalue weighted by molar-refractivity contribution is 5.92. The van der Waals surface area contributed by atoms with Crippen LogP contribution in [0, 0.1) is 5.92 Å². The van der Waals surface area contributed by atoms with E-state index in [0.717, 1.165) is 17.9 Å². The van der Waals surface area contributed by atoms with Gasteiger partial charge >= 0.3 is 0 Å². The first-order chi connectivity index (χ1) is 11.6. The van der Waals surface area contributed by atoms with Gasteiger partial charge in [0.05, 0.1) is 6.61 Å². The van der Waals surface area contributed by atoms with Crippen LogP contribution in [-0.2, 0) is 0 Å². The quantitative estimate of drug-likeness (QED) is 0.777. The van der Waals surface area contributed by atoms with Gasteiger partial charge in [0.15, 0.2) is 0 Å². The number of amides is 1. The molecule has 0 aliphatic carbocycles. The molecule has 1 aromatic carbocycles. The van der Waals surface area contributed by atoms with Gasteiger partial charge in [-0.3, -0.25) is 4.79 Å². The fourth-order valence-electron chi connectivity index (χ4n) is 2.06. The van der Waals surface area contributed by atoms with Gasteiger partial charge in [0.2, 0.25) is 0 Å². The van der Waals surface area contributed by atoms with Gasteiger partial charge in [-0.05, 0) is 43.5 Å². The number of nitrogens with one attached hydrogen (secondary N) is 2. The van der Waals surface area contributed by atoms with Gasteiger partial charge in [-0.1, -0.05) is 13.8 Å². The third kappa shape index (κ3) is 5.53. The number of ether oxygens (including phenoxy) is 1. The molecule has 24 heavy (non-hydrogen) atoms. The molecule has 0 spiro atoms. The Morgan fingerprint density at radius 1 is 1.21 bits per heavy atom. The molecule has 2 aromatic rings. The molecule has 1 amide bonds. The van der Waals surface area contributed by atoms with Gasteiger partial charge in [0.1, 0.15) is 23.6 Å². The standard InChI is InChI=1S/C18H24N4O2/c1-4-24-15-7-5-14(6-8-15)22-17-11-16(20-12-21-17)18(23)19-10-9-13(2)3/h5-8,11-13H,4,9-10H2,1-3H3,(H,19,23)(H,20,21,22). The van der Waals surface area contributed by atoms with Crippen molar-refractivity contribution in [1.82, 2.24) is 15.3 Å². The number of carbonyl (C=O) groups is 1. The molecule has 0 saturated heterocycles. The summed E-state index contributed by atoms with van der Waals surface area (Å²) in [6.07, 6.45) is 2.32. The summed E-state index contributed by atoms with van der Waals surface area (Å²) in [5.41, 5.74) is 1.21. The lowest BCUT2D eigenvalue weighted by Gasteiger charge is -2.09. The summed E-state index contributed by atoms with van der Waals surface area (Å²) >= 11 is 0. The van der Waals surface area contributed by atoms with Gasteiger partial charge in [0.25, 0.3) is 5.91 Å². The zero-order chi connectivity index (χ0) is 17.4. The van der Waals surface area contributed by atoms with Gasteiger partial charge < -0.3 is 15.4 Å². The highest BCUT2D eigenvalue weighted by Crippen LogP contribution is 2.19. The van der Waals surface area contributed by atoms with E-state index in [1.54, 1.807) is 6.07 Å². The third-order valence-corrected chi connectivity index (χ3v) is 3.34. The van der Waals surface area contributed by atoms with Crippen molar-refractivity contribution in [3.8, 4) is 5.75 Å². The Kier molecular flexibility index (Phi) is 6.54. The highest BCUT2D eigenvalue weighted by atomic mass is 16.5. The van der Waals surface area contributed by atoms with E-state index < -0.39 is 0 Å². The molecule has 0 unspecified atom stereocenters. The Labute approximate surface area is 142 Å². The van der Waals surface area contributed by atoms with Crippen LogP contribution in [0.25, 0.3) is 0 Å². The summed E-state index contributed by atoms with van der Waals surface area (Å²) in [5.74, 6) is 1.75. The molecule has 6 nitrogen and oxygen atoms in total. The Morgan fingerprint density at radius 2 is 1.96 bits per heavy atom. The van der Waals surface area contributed by atoms with Crippen LogP contribution < -0.4 is 15.4 Å². The molecule has 1 heterocycles. The number of carbonyl (C=O) groups excluding carboxylic acids is 1. The van der Waals surface area contributed by atoms with Crippen LogP contribution in [0.1, 0.15) is 37.7 Å². The minimum atomic E-state index is -0.187. The smallest absolute Gasteiger partial charge is 0.270 e. The maximum absolute atomic E-state index is 12.1. The molecule has 0 saturated carbocycles. The fraction of sp³-hybridized carbons (Fsp3) is 0.389. The van der Waals surface area contributed by atoms with Crippen LogP contribution in [0.5, 0.6) is 5.75 Å².